The van der Waals surface area contributed by atoms with Gasteiger partial charge in [0, 0.05) is 30.9 Å². The van der Waals surface area contributed by atoms with E-state index in [4.69, 9.17) is 4.74 Å². The Labute approximate surface area is 159 Å². The number of anilines is 1. The van der Waals surface area contributed by atoms with Crippen molar-refractivity contribution in [1.29, 1.82) is 0 Å². The van der Waals surface area contributed by atoms with Crippen molar-refractivity contribution in [2.24, 2.45) is 7.05 Å². The molecular formula is C22H26N2O3. The van der Waals surface area contributed by atoms with Crippen molar-refractivity contribution in [1.82, 2.24) is 4.57 Å². The van der Waals surface area contributed by atoms with E-state index in [1.165, 1.54) is 12.8 Å². The third kappa shape index (κ3) is 3.69. The van der Waals surface area contributed by atoms with E-state index in [0.717, 1.165) is 52.8 Å². The zero-order valence-electron chi connectivity index (χ0n) is 16.0. The van der Waals surface area contributed by atoms with E-state index in [2.05, 4.69) is 17.4 Å². The lowest BCUT2D eigenvalue weighted by molar-refractivity contribution is -0.116. The fourth-order valence-electron chi connectivity index (χ4n) is 4.15. The number of pyridine rings is 1. The summed E-state index contributed by atoms with van der Waals surface area (Å²) in [6.07, 6.45) is 8.17. The second-order valence-electron chi connectivity index (χ2n) is 7.76. The first-order valence-electron chi connectivity index (χ1n) is 9.76. The molecule has 27 heavy (non-hydrogen) atoms. The van der Waals surface area contributed by atoms with Gasteiger partial charge in [0.05, 0.1) is 12.7 Å². The van der Waals surface area contributed by atoms with E-state index in [0.29, 0.717) is 19.1 Å². The summed E-state index contributed by atoms with van der Waals surface area (Å²) in [5.74, 6) is 0.0656. The normalized spacial score (nSPS) is 17.0. The summed E-state index contributed by atoms with van der Waals surface area (Å²) >= 11 is 0. The zero-order valence-corrected chi connectivity index (χ0v) is 16.0. The Balaban J connectivity index is 1.75. The standard InChI is InChI=1S/C22H26N2O3/c1-14-9-16(12-24(2)22(14)26)19-10-15-7-8-21(25)23-20(15)11-17(19)13-27-18-5-3-4-6-18/h9-12,18H,3-8,13H2,1-2H3,(H,23,25). The number of hydrogen-bond donors (Lipinski definition) is 1. The number of ether oxygens (including phenoxy) is 1. The van der Waals surface area contributed by atoms with Crippen LogP contribution in [-0.4, -0.2) is 16.6 Å². The first kappa shape index (κ1) is 18.0. The van der Waals surface area contributed by atoms with Crippen molar-refractivity contribution < 1.29 is 9.53 Å². The van der Waals surface area contributed by atoms with Gasteiger partial charge in [-0.15, -0.1) is 0 Å². The molecule has 1 aliphatic heterocycles. The smallest absolute Gasteiger partial charge is 0.253 e. The van der Waals surface area contributed by atoms with Crippen LogP contribution in [0.1, 0.15) is 48.8 Å². The molecule has 1 aliphatic carbocycles. The molecule has 1 aromatic heterocycles. The SMILES string of the molecule is Cc1cc(-c2cc3c(cc2COC2CCCC2)NC(=O)CC3)cn(C)c1=O. The molecule has 0 radical (unpaired) electrons. The molecule has 142 valence electrons. The summed E-state index contributed by atoms with van der Waals surface area (Å²) in [4.78, 5) is 23.9. The Morgan fingerprint density at radius 1 is 1.15 bits per heavy atom. The predicted octanol–water partition coefficient (Wildman–Crippen LogP) is 3.70. The Hall–Kier alpha value is -2.40. The molecule has 0 spiro atoms. The Morgan fingerprint density at radius 3 is 2.67 bits per heavy atom. The first-order chi connectivity index (χ1) is 13.0. The summed E-state index contributed by atoms with van der Waals surface area (Å²) in [6, 6.07) is 6.16. The van der Waals surface area contributed by atoms with Crippen molar-refractivity contribution in [3.05, 3.63) is 51.4 Å². The van der Waals surface area contributed by atoms with Crippen LogP contribution in [0.25, 0.3) is 11.1 Å². The van der Waals surface area contributed by atoms with Crippen molar-refractivity contribution in [3.8, 4) is 11.1 Å². The van der Waals surface area contributed by atoms with E-state index in [9.17, 15) is 9.59 Å². The summed E-state index contributed by atoms with van der Waals surface area (Å²) < 4.78 is 7.80. The second kappa shape index (κ2) is 7.31. The molecule has 1 N–H and O–H groups in total. The third-order valence-electron chi connectivity index (χ3n) is 5.67. The molecule has 0 unspecified atom stereocenters. The van der Waals surface area contributed by atoms with Crippen molar-refractivity contribution in [2.75, 3.05) is 5.32 Å². The summed E-state index contributed by atoms with van der Waals surface area (Å²) in [5.41, 5.74) is 5.93. The van der Waals surface area contributed by atoms with Gasteiger partial charge in [0.25, 0.3) is 5.56 Å². The van der Waals surface area contributed by atoms with Gasteiger partial charge in [-0.1, -0.05) is 12.8 Å². The van der Waals surface area contributed by atoms with Gasteiger partial charge in [-0.05, 0) is 66.6 Å². The van der Waals surface area contributed by atoms with Gasteiger partial charge in [0.1, 0.15) is 0 Å². The quantitative estimate of drug-likeness (QED) is 0.897. The average Bonchev–Trinajstić information content (AvgIpc) is 3.16. The monoisotopic (exact) mass is 366 g/mol. The van der Waals surface area contributed by atoms with Crippen LogP contribution in [0.2, 0.25) is 0 Å². The first-order valence-corrected chi connectivity index (χ1v) is 9.76. The lowest BCUT2D eigenvalue weighted by Crippen LogP contribution is -2.20. The topological polar surface area (TPSA) is 60.3 Å². The maximum absolute atomic E-state index is 12.1. The van der Waals surface area contributed by atoms with E-state index in [-0.39, 0.29) is 11.5 Å². The van der Waals surface area contributed by atoms with Crippen LogP contribution in [-0.2, 0) is 29.6 Å². The number of fused-ring (bicyclic) bond motifs is 1. The van der Waals surface area contributed by atoms with Gasteiger partial charge in [0.2, 0.25) is 5.91 Å². The van der Waals surface area contributed by atoms with Crippen LogP contribution < -0.4 is 10.9 Å². The van der Waals surface area contributed by atoms with Crippen molar-refractivity contribution >= 4 is 11.6 Å². The highest BCUT2D eigenvalue weighted by Gasteiger charge is 2.21. The van der Waals surface area contributed by atoms with Gasteiger partial charge in [-0.25, -0.2) is 0 Å². The molecule has 4 rings (SSSR count). The molecule has 1 fully saturated rings. The lowest BCUT2D eigenvalue weighted by atomic mass is 9.93. The lowest BCUT2D eigenvalue weighted by Gasteiger charge is -2.22. The van der Waals surface area contributed by atoms with Crippen LogP contribution in [0.5, 0.6) is 0 Å². The molecule has 5 heteroatoms. The molecule has 2 aliphatic rings. The summed E-state index contributed by atoms with van der Waals surface area (Å²) in [7, 11) is 1.78. The number of carbonyl (C=O) groups is 1. The highest BCUT2D eigenvalue weighted by molar-refractivity contribution is 5.94. The molecular weight excluding hydrogens is 340 g/mol. The van der Waals surface area contributed by atoms with Crippen molar-refractivity contribution in [3.63, 3.8) is 0 Å². The molecule has 2 heterocycles. The molecule has 5 nitrogen and oxygen atoms in total. The molecule has 0 saturated heterocycles. The van der Waals surface area contributed by atoms with Gasteiger partial charge in [0.15, 0.2) is 0 Å². The molecule has 0 bridgehead atoms. The third-order valence-corrected chi connectivity index (χ3v) is 5.67. The largest absolute Gasteiger partial charge is 0.374 e. The van der Waals surface area contributed by atoms with E-state index >= 15 is 0 Å². The summed E-state index contributed by atoms with van der Waals surface area (Å²) in [6.45, 7) is 2.37. The number of hydrogen-bond acceptors (Lipinski definition) is 3. The van der Waals surface area contributed by atoms with E-state index < -0.39 is 0 Å². The maximum Gasteiger partial charge on any atom is 0.253 e. The highest BCUT2D eigenvalue weighted by Crippen LogP contribution is 2.34. The number of rotatable bonds is 4. The van der Waals surface area contributed by atoms with Crippen LogP contribution in [0, 0.1) is 6.92 Å². The predicted molar refractivity (Wildman–Crippen MR) is 106 cm³/mol. The van der Waals surface area contributed by atoms with Gasteiger partial charge >= 0.3 is 0 Å². The van der Waals surface area contributed by atoms with Gasteiger partial charge in [-0.3, -0.25) is 9.59 Å². The number of benzene rings is 1. The van der Waals surface area contributed by atoms with Gasteiger partial charge < -0.3 is 14.6 Å². The number of aryl methyl sites for hydroxylation is 3. The van der Waals surface area contributed by atoms with Gasteiger partial charge in [-0.2, -0.15) is 0 Å². The van der Waals surface area contributed by atoms with Crippen LogP contribution >= 0.6 is 0 Å². The van der Waals surface area contributed by atoms with E-state index in [1.807, 2.05) is 19.2 Å². The van der Waals surface area contributed by atoms with Crippen molar-refractivity contribution in [2.45, 2.75) is 58.2 Å². The highest BCUT2D eigenvalue weighted by atomic mass is 16.5. The molecule has 0 atom stereocenters. The van der Waals surface area contributed by atoms with Crippen LogP contribution in [0.3, 0.4) is 0 Å². The maximum atomic E-state index is 12.1. The minimum Gasteiger partial charge on any atom is -0.374 e. The number of amides is 1. The van der Waals surface area contributed by atoms with E-state index in [1.54, 1.807) is 11.6 Å². The molecule has 1 aromatic carbocycles. The fraction of sp³-hybridized carbons (Fsp3) is 0.455. The number of carbonyl (C=O) groups excluding carboxylic acids is 1. The number of aromatic nitrogens is 1. The fourth-order valence-corrected chi connectivity index (χ4v) is 4.15. The molecule has 1 saturated carbocycles. The summed E-state index contributed by atoms with van der Waals surface area (Å²) in [5, 5.41) is 2.99. The number of nitrogens with one attached hydrogen (secondary N) is 1. The molecule has 1 amide bonds. The minimum atomic E-state index is 0.0210. The van der Waals surface area contributed by atoms with Crippen LogP contribution in [0.15, 0.2) is 29.2 Å². The molecule has 2 aromatic rings. The second-order valence-corrected chi connectivity index (χ2v) is 7.76. The Morgan fingerprint density at radius 2 is 1.93 bits per heavy atom. The Kier molecular flexibility index (Phi) is 4.87. The minimum absolute atomic E-state index is 0.0210. The van der Waals surface area contributed by atoms with Crippen LogP contribution in [0.4, 0.5) is 5.69 Å². The Bertz CT molecular complexity index is 913. The average molecular weight is 366 g/mol. The number of nitrogens with zero attached hydrogens (tertiary/aromatic N) is 1. The zero-order chi connectivity index (χ0) is 19.0.